The fourth-order valence-corrected chi connectivity index (χ4v) is 6.78. The molecule has 48 heavy (non-hydrogen) atoms. The van der Waals surface area contributed by atoms with E-state index in [0.717, 1.165) is 6.42 Å². The van der Waals surface area contributed by atoms with E-state index in [1.165, 1.54) is 18.3 Å². The highest BCUT2D eigenvalue weighted by atomic mass is 16.6. The van der Waals surface area contributed by atoms with Crippen molar-refractivity contribution in [1.82, 2.24) is 20.1 Å². The number of hydrogen-bond acceptors (Lipinski definition) is 8. The van der Waals surface area contributed by atoms with Crippen molar-refractivity contribution in [3.8, 4) is 5.75 Å². The standard InChI is InChI=1S/C35H45N5O8/c1-6-29(41)36-15-17-39-27-19-26(22(4)18-28(27)48-35(33(39)45)12-9-13-35)31(42)40(21(2)3)24-10-8-16-38(20-24)34(46)47-23(5)30-25(32(43)44)11-7-14-37-30/h7,11,14,18-19,21,23-24H,6,8-10,12-13,15-17,20H2,1-5H3,(H,36,41)(H,43,44)/t23?,24-/m1/s1. The van der Waals surface area contributed by atoms with Gasteiger partial charge in [0.2, 0.25) is 5.91 Å². The van der Waals surface area contributed by atoms with Gasteiger partial charge in [0.15, 0.2) is 5.60 Å². The minimum absolute atomic E-state index is 0.0365. The van der Waals surface area contributed by atoms with Gasteiger partial charge in [-0.15, -0.1) is 0 Å². The molecule has 3 heterocycles. The van der Waals surface area contributed by atoms with E-state index >= 15 is 0 Å². The van der Waals surface area contributed by atoms with E-state index in [0.29, 0.717) is 61.2 Å². The number of hydrogen-bond donors (Lipinski definition) is 2. The lowest BCUT2D eigenvalue weighted by Crippen LogP contribution is -2.61. The number of rotatable bonds is 10. The summed E-state index contributed by atoms with van der Waals surface area (Å²) in [5.74, 6) is -1.11. The van der Waals surface area contributed by atoms with Crippen LogP contribution in [0.5, 0.6) is 5.75 Å². The number of carboxylic acid groups (broad SMARTS) is 1. The minimum atomic E-state index is -1.16. The number of piperidine rings is 1. The highest BCUT2D eigenvalue weighted by Crippen LogP contribution is 2.47. The number of aromatic nitrogens is 1. The van der Waals surface area contributed by atoms with Crippen LogP contribution in [0.25, 0.3) is 0 Å². The van der Waals surface area contributed by atoms with Gasteiger partial charge in [0, 0.05) is 50.4 Å². The topological polar surface area (TPSA) is 159 Å². The first-order chi connectivity index (χ1) is 22.9. The number of carbonyl (C=O) groups is 5. The molecular formula is C35H45N5O8. The van der Waals surface area contributed by atoms with Gasteiger partial charge in [-0.05, 0) is 89.6 Å². The molecule has 1 aromatic carbocycles. The van der Waals surface area contributed by atoms with E-state index in [4.69, 9.17) is 9.47 Å². The Balaban J connectivity index is 1.36. The fourth-order valence-electron chi connectivity index (χ4n) is 6.78. The molecule has 2 aromatic rings. The number of aryl methyl sites for hydroxylation is 1. The number of likely N-dealkylation sites (tertiary alicyclic amines) is 1. The van der Waals surface area contributed by atoms with Crippen molar-refractivity contribution in [1.29, 1.82) is 0 Å². The number of fused-ring (bicyclic) bond motifs is 1. The first-order valence-corrected chi connectivity index (χ1v) is 16.8. The zero-order chi connectivity index (χ0) is 34.7. The number of nitrogens with zero attached hydrogens (tertiary/aromatic N) is 4. The van der Waals surface area contributed by atoms with Crippen LogP contribution in [0.3, 0.4) is 0 Å². The van der Waals surface area contributed by atoms with Crippen molar-refractivity contribution in [2.45, 2.75) is 96.9 Å². The number of nitrogens with one attached hydrogen (secondary N) is 1. The maximum Gasteiger partial charge on any atom is 0.410 e. The Labute approximate surface area is 280 Å². The van der Waals surface area contributed by atoms with E-state index < -0.39 is 23.8 Å². The number of anilines is 1. The predicted octanol–water partition coefficient (Wildman–Crippen LogP) is 4.48. The molecule has 258 valence electrons. The number of amides is 4. The van der Waals surface area contributed by atoms with E-state index in [1.54, 1.807) is 34.6 Å². The molecule has 1 unspecified atom stereocenters. The third-order valence-corrected chi connectivity index (χ3v) is 9.48. The smallest absolute Gasteiger partial charge is 0.410 e. The van der Waals surface area contributed by atoms with Gasteiger partial charge >= 0.3 is 12.1 Å². The third kappa shape index (κ3) is 6.81. The number of carbonyl (C=O) groups excluding carboxylic acids is 4. The lowest BCUT2D eigenvalue weighted by molar-refractivity contribution is -0.143. The fraction of sp³-hybridized carbons (Fsp3) is 0.543. The Hall–Kier alpha value is -4.68. The summed E-state index contributed by atoms with van der Waals surface area (Å²) in [4.78, 5) is 74.1. The van der Waals surface area contributed by atoms with Crippen LogP contribution in [0.2, 0.25) is 0 Å². The lowest BCUT2D eigenvalue weighted by atomic mass is 9.77. The Morgan fingerprint density at radius 1 is 1.17 bits per heavy atom. The van der Waals surface area contributed by atoms with Crippen molar-refractivity contribution in [2.75, 3.05) is 31.1 Å². The van der Waals surface area contributed by atoms with Crippen LogP contribution in [0.1, 0.15) is 104 Å². The highest BCUT2D eigenvalue weighted by molar-refractivity contribution is 6.06. The monoisotopic (exact) mass is 663 g/mol. The molecule has 1 saturated carbocycles. The summed E-state index contributed by atoms with van der Waals surface area (Å²) in [6.45, 7) is 10.2. The zero-order valence-corrected chi connectivity index (χ0v) is 28.3. The van der Waals surface area contributed by atoms with E-state index in [1.807, 2.05) is 26.8 Å². The Morgan fingerprint density at radius 2 is 1.92 bits per heavy atom. The van der Waals surface area contributed by atoms with Crippen LogP contribution in [-0.2, 0) is 14.3 Å². The highest BCUT2D eigenvalue weighted by Gasteiger charge is 2.52. The van der Waals surface area contributed by atoms with Crippen molar-refractivity contribution >= 4 is 35.5 Å². The largest absolute Gasteiger partial charge is 0.478 e. The molecule has 2 atom stereocenters. The predicted molar refractivity (Wildman–Crippen MR) is 176 cm³/mol. The number of aromatic carboxylic acids is 1. The average Bonchev–Trinajstić information content (AvgIpc) is 3.04. The van der Waals surface area contributed by atoms with Gasteiger partial charge in [0.05, 0.1) is 23.0 Å². The quantitative estimate of drug-likeness (QED) is 0.374. The van der Waals surface area contributed by atoms with Crippen LogP contribution < -0.4 is 15.0 Å². The third-order valence-electron chi connectivity index (χ3n) is 9.48. The molecule has 1 spiro atoms. The summed E-state index contributed by atoms with van der Waals surface area (Å²) in [5.41, 5.74) is 0.840. The van der Waals surface area contributed by atoms with Gasteiger partial charge in [-0.3, -0.25) is 19.4 Å². The first-order valence-electron chi connectivity index (χ1n) is 16.8. The van der Waals surface area contributed by atoms with Crippen LogP contribution in [0, 0.1) is 6.92 Å². The van der Waals surface area contributed by atoms with E-state index in [-0.39, 0.29) is 60.7 Å². The van der Waals surface area contributed by atoms with Crippen LogP contribution in [0.15, 0.2) is 30.5 Å². The zero-order valence-electron chi connectivity index (χ0n) is 28.3. The molecule has 2 fully saturated rings. The first kappa shape index (κ1) is 34.6. The molecule has 13 heteroatoms. The average molecular weight is 664 g/mol. The molecule has 2 N–H and O–H groups in total. The molecule has 0 radical (unpaired) electrons. The van der Waals surface area contributed by atoms with Gasteiger partial charge in [-0.1, -0.05) is 6.92 Å². The number of pyridine rings is 1. The van der Waals surface area contributed by atoms with Crippen molar-refractivity contribution in [3.05, 3.63) is 52.8 Å². The molecule has 1 aliphatic carbocycles. The van der Waals surface area contributed by atoms with Crippen molar-refractivity contribution in [2.24, 2.45) is 0 Å². The Kier molecular flexibility index (Phi) is 10.3. The second-order valence-corrected chi connectivity index (χ2v) is 13.1. The second kappa shape index (κ2) is 14.2. The number of carboxylic acids is 1. The molecule has 13 nitrogen and oxygen atoms in total. The van der Waals surface area contributed by atoms with Crippen molar-refractivity contribution < 1.29 is 38.6 Å². The summed E-state index contributed by atoms with van der Waals surface area (Å²) in [7, 11) is 0. The SMILES string of the molecule is CCC(=O)NCCN1C(=O)C2(CCC2)Oc2cc(C)c(C(=O)N(C(C)C)[C@@H]3CCCN(C(=O)OC(C)c4ncccc4C(=O)O)C3)cc21. The molecule has 2 aliphatic heterocycles. The molecule has 3 aliphatic rings. The summed E-state index contributed by atoms with van der Waals surface area (Å²) >= 11 is 0. The Morgan fingerprint density at radius 3 is 2.56 bits per heavy atom. The molecule has 0 bridgehead atoms. The number of ether oxygens (including phenoxy) is 2. The van der Waals surface area contributed by atoms with Crippen LogP contribution in [0.4, 0.5) is 10.5 Å². The molecule has 4 amide bonds. The Bertz CT molecular complexity index is 1590. The number of benzene rings is 1. The van der Waals surface area contributed by atoms with E-state index in [9.17, 15) is 29.1 Å². The summed E-state index contributed by atoms with van der Waals surface area (Å²) in [6, 6.07) is 5.94. The molecular weight excluding hydrogens is 618 g/mol. The lowest BCUT2D eigenvalue weighted by Gasteiger charge is -2.47. The normalized spacial score (nSPS) is 18.8. The molecule has 5 rings (SSSR count). The van der Waals surface area contributed by atoms with Gasteiger partial charge < -0.3 is 34.6 Å². The second-order valence-electron chi connectivity index (χ2n) is 13.1. The van der Waals surface area contributed by atoms with E-state index in [2.05, 4.69) is 10.3 Å². The van der Waals surface area contributed by atoms with Gasteiger partial charge in [-0.25, -0.2) is 9.59 Å². The summed E-state index contributed by atoms with van der Waals surface area (Å²) in [5, 5.41) is 12.4. The summed E-state index contributed by atoms with van der Waals surface area (Å²) < 4.78 is 12.0. The molecule has 1 aromatic heterocycles. The van der Waals surface area contributed by atoms with Gasteiger partial charge in [0.25, 0.3) is 11.8 Å². The molecule has 1 saturated heterocycles. The summed E-state index contributed by atoms with van der Waals surface area (Å²) in [6.07, 6.45) is 3.72. The van der Waals surface area contributed by atoms with Gasteiger partial charge in [0.1, 0.15) is 11.9 Å². The maximum atomic E-state index is 14.4. The van der Waals surface area contributed by atoms with Gasteiger partial charge in [-0.2, -0.15) is 0 Å². The van der Waals surface area contributed by atoms with Crippen LogP contribution in [-0.4, -0.2) is 93.5 Å². The van der Waals surface area contributed by atoms with Crippen LogP contribution >= 0.6 is 0 Å². The minimum Gasteiger partial charge on any atom is -0.478 e. The van der Waals surface area contributed by atoms with Crippen molar-refractivity contribution in [3.63, 3.8) is 0 Å². The maximum absolute atomic E-state index is 14.4.